The SMILES string of the molecule is O=C(NC1CCc2nn(Cc3cccnc3)c(=O)n2CC1)c1ccc(C(F)(F)F)cn1. The van der Waals surface area contributed by atoms with Crippen LogP contribution in [0.3, 0.4) is 0 Å². The van der Waals surface area contributed by atoms with Crippen molar-refractivity contribution in [3.8, 4) is 0 Å². The van der Waals surface area contributed by atoms with Crippen LogP contribution < -0.4 is 11.0 Å². The van der Waals surface area contributed by atoms with Gasteiger partial charge in [0.15, 0.2) is 0 Å². The van der Waals surface area contributed by atoms with E-state index in [0.29, 0.717) is 44.4 Å². The molecule has 1 aliphatic rings. The highest BCUT2D eigenvalue weighted by atomic mass is 19.4. The van der Waals surface area contributed by atoms with Crippen molar-refractivity contribution in [1.29, 1.82) is 0 Å². The molecule has 1 amide bonds. The van der Waals surface area contributed by atoms with Gasteiger partial charge in [-0.05, 0) is 36.6 Å². The molecule has 4 heterocycles. The van der Waals surface area contributed by atoms with Crippen LogP contribution in [0.2, 0.25) is 0 Å². The number of nitrogens with one attached hydrogen (secondary N) is 1. The largest absolute Gasteiger partial charge is 0.417 e. The molecule has 0 aromatic carbocycles. The number of fused-ring (bicyclic) bond motifs is 1. The normalized spacial score (nSPS) is 16.4. The Hall–Kier alpha value is -3.50. The second-order valence-corrected chi connectivity index (χ2v) is 7.30. The van der Waals surface area contributed by atoms with Gasteiger partial charge in [0.25, 0.3) is 5.91 Å². The van der Waals surface area contributed by atoms with E-state index < -0.39 is 17.6 Å². The number of nitrogens with zero attached hydrogens (tertiary/aromatic N) is 5. The van der Waals surface area contributed by atoms with E-state index in [4.69, 9.17) is 0 Å². The molecule has 0 spiro atoms. The second-order valence-electron chi connectivity index (χ2n) is 7.30. The zero-order valence-electron chi connectivity index (χ0n) is 16.3. The number of aryl methyl sites for hydroxylation is 1. The third kappa shape index (κ3) is 4.65. The highest BCUT2D eigenvalue weighted by molar-refractivity contribution is 5.92. The Kier molecular flexibility index (Phi) is 5.57. The monoisotopic (exact) mass is 432 g/mol. The Bertz CT molecular complexity index is 1120. The molecule has 0 radical (unpaired) electrons. The predicted octanol–water partition coefficient (Wildman–Crippen LogP) is 2.04. The molecular formula is C20H19F3N6O2. The van der Waals surface area contributed by atoms with Crippen molar-refractivity contribution in [3.05, 3.63) is 76.0 Å². The average molecular weight is 432 g/mol. The number of carbonyl (C=O) groups excluding carboxylic acids is 1. The lowest BCUT2D eigenvalue weighted by Crippen LogP contribution is -2.36. The average Bonchev–Trinajstić information content (AvgIpc) is 2.91. The first-order chi connectivity index (χ1) is 14.8. The van der Waals surface area contributed by atoms with Crippen LogP contribution in [0.4, 0.5) is 13.2 Å². The van der Waals surface area contributed by atoms with E-state index in [0.717, 1.165) is 17.7 Å². The molecule has 1 N–H and O–H groups in total. The Morgan fingerprint density at radius 3 is 2.71 bits per heavy atom. The molecule has 0 bridgehead atoms. The lowest BCUT2D eigenvalue weighted by molar-refractivity contribution is -0.137. The number of alkyl halides is 3. The molecule has 3 aromatic rings. The fourth-order valence-electron chi connectivity index (χ4n) is 3.50. The maximum absolute atomic E-state index is 12.7. The Morgan fingerprint density at radius 1 is 1.19 bits per heavy atom. The summed E-state index contributed by atoms with van der Waals surface area (Å²) in [6.45, 7) is 0.707. The first-order valence-electron chi connectivity index (χ1n) is 9.71. The summed E-state index contributed by atoms with van der Waals surface area (Å²) in [5.74, 6) is 0.0885. The van der Waals surface area contributed by atoms with E-state index in [9.17, 15) is 22.8 Å². The second kappa shape index (κ2) is 8.32. The first-order valence-corrected chi connectivity index (χ1v) is 9.71. The van der Waals surface area contributed by atoms with Gasteiger partial charge in [-0.25, -0.2) is 9.48 Å². The van der Waals surface area contributed by atoms with Gasteiger partial charge in [-0.15, -0.1) is 0 Å². The van der Waals surface area contributed by atoms with Crippen molar-refractivity contribution >= 4 is 5.91 Å². The standard InChI is InChI=1S/C20H19F3N6O2/c21-20(22,23)14-3-5-16(25-11-14)18(30)26-15-4-6-17-27-29(19(31)28(17)9-7-15)12-13-2-1-8-24-10-13/h1-3,5,8,10-11,15H,4,6-7,9,12H2,(H,26,30). The number of carbonyl (C=O) groups is 1. The summed E-state index contributed by atoms with van der Waals surface area (Å²) in [5, 5.41) is 7.21. The fourth-order valence-corrected chi connectivity index (χ4v) is 3.50. The first kappa shape index (κ1) is 20.8. The Labute approximate surface area is 174 Å². The van der Waals surface area contributed by atoms with E-state index in [1.807, 2.05) is 6.07 Å². The summed E-state index contributed by atoms with van der Waals surface area (Å²) >= 11 is 0. The van der Waals surface area contributed by atoms with Gasteiger partial charge in [-0.3, -0.25) is 19.3 Å². The fraction of sp³-hybridized carbons (Fsp3) is 0.350. The van der Waals surface area contributed by atoms with Crippen LogP contribution in [-0.4, -0.2) is 36.3 Å². The number of pyridine rings is 2. The summed E-state index contributed by atoms with van der Waals surface area (Å²) in [7, 11) is 0. The number of halogens is 3. The van der Waals surface area contributed by atoms with Crippen molar-refractivity contribution in [2.24, 2.45) is 0 Å². The molecule has 3 aromatic heterocycles. The molecule has 1 unspecified atom stereocenters. The van der Waals surface area contributed by atoms with Gasteiger partial charge in [-0.2, -0.15) is 18.3 Å². The number of amides is 1. The minimum absolute atomic E-state index is 0.0891. The zero-order valence-corrected chi connectivity index (χ0v) is 16.3. The van der Waals surface area contributed by atoms with Crippen molar-refractivity contribution in [3.63, 3.8) is 0 Å². The molecular weight excluding hydrogens is 413 g/mol. The minimum Gasteiger partial charge on any atom is -0.348 e. The van der Waals surface area contributed by atoms with Crippen LogP contribution in [0.15, 0.2) is 47.7 Å². The quantitative estimate of drug-likeness (QED) is 0.681. The third-order valence-electron chi connectivity index (χ3n) is 5.13. The minimum atomic E-state index is -4.51. The summed E-state index contributed by atoms with van der Waals surface area (Å²) in [5.41, 5.74) is -0.359. The smallest absolute Gasteiger partial charge is 0.348 e. The van der Waals surface area contributed by atoms with Crippen LogP contribution in [0.25, 0.3) is 0 Å². The molecule has 162 valence electrons. The highest BCUT2D eigenvalue weighted by Crippen LogP contribution is 2.28. The van der Waals surface area contributed by atoms with Gasteiger partial charge in [0.05, 0.1) is 12.1 Å². The summed E-state index contributed by atoms with van der Waals surface area (Å²) in [4.78, 5) is 32.7. The Morgan fingerprint density at radius 2 is 2.03 bits per heavy atom. The van der Waals surface area contributed by atoms with Crippen LogP contribution in [-0.2, 0) is 25.7 Å². The molecule has 0 aliphatic carbocycles. The lowest BCUT2D eigenvalue weighted by Gasteiger charge is -2.16. The van der Waals surface area contributed by atoms with Crippen molar-refractivity contribution in [1.82, 2.24) is 29.6 Å². The molecule has 31 heavy (non-hydrogen) atoms. The van der Waals surface area contributed by atoms with Gasteiger partial charge in [-0.1, -0.05) is 6.07 Å². The van der Waals surface area contributed by atoms with E-state index in [-0.39, 0.29) is 17.4 Å². The number of aromatic nitrogens is 5. The molecule has 4 rings (SSSR count). The number of hydrogen-bond donors (Lipinski definition) is 1. The molecule has 1 atom stereocenters. The molecule has 11 heteroatoms. The van der Waals surface area contributed by atoms with Crippen LogP contribution in [0.5, 0.6) is 0 Å². The van der Waals surface area contributed by atoms with Crippen LogP contribution in [0, 0.1) is 0 Å². The van der Waals surface area contributed by atoms with Gasteiger partial charge in [0.2, 0.25) is 0 Å². The van der Waals surface area contributed by atoms with Gasteiger partial charge >= 0.3 is 11.9 Å². The zero-order chi connectivity index (χ0) is 22.0. The van der Waals surface area contributed by atoms with Crippen LogP contribution in [0.1, 0.15) is 40.3 Å². The Balaban J connectivity index is 1.40. The molecule has 0 fully saturated rings. The summed E-state index contributed by atoms with van der Waals surface area (Å²) in [6.07, 6.45) is 1.01. The van der Waals surface area contributed by atoms with Crippen molar-refractivity contribution in [2.45, 2.75) is 44.6 Å². The van der Waals surface area contributed by atoms with E-state index in [2.05, 4.69) is 20.4 Å². The highest BCUT2D eigenvalue weighted by Gasteiger charge is 2.31. The number of hydrogen-bond acceptors (Lipinski definition) is 5. The third-order valence-corrected chi connectivity index (χ3v) is 5.13. The number of rotatable bonds is 4. The van der Waals surface area contributed by atoms with Gasteiger partial charge < -0.3 is 5.32 Å². The topological polar surface area (TPSA) is 94.7 Å². The van der Waals surface area contributed by atoms with E-state index in [1.54, 1.807) is 23.0 Å². The van der Waals surface area contributed by atoms with Crippen LogP contribution >= 0.6 is 0 Å². The van der Waals surface area contributed by atoms with E-state index in [1.165, 1.54) is 4.68 Å². The van der Waals surface area contributed by atoms with Crippen molar-refractivity contribution in [2.75, 3.05) is 0 Å². The molecule has 0 saturated heterocycles. The molecule has 1 aliphatic heterocycles. The van der Waals surface area contributed by atoms with Gasteiger partial charge in [0, 0.05) is 37.6 Å². The molecule has 0 saturated carbocycles. The summed E-state index contributed by atoms with van der Waals surface area (Å²) in [6, 6.07) is 5.29. The maximum Gasteiger partial charge on any atom is 0.417 e. The van der Waals surface area contributed by atoms with E-state index >= 15 is 0 Å². The summed E-state index contributed by atoms with van der Waals surface area (Å²) < 4.78 is 40.9. The van der Waals surface area contributed by atoms with Crippen molar-refractivity contribution < 1.29 is 18.0 Å². The lowest BCUT2D eigenvalue weighted by atomic mass is 10.1. The predicted molar refractivity (Wildman–Crippen MR) is 103 cm³/mol. The molecule has 8 nitrogen and oxygen atoms in total. The van der Waals surface area contributed by atoms with Gasteiger partial charge in [0.1, 0.15) is 11.5 Å². The maximum atomic E-state index is 12.7.